The van der Waals surface area contributed by atoms with Crippen LogP contribution in [0.1, 0.15) is 26.2 Å². The molecule has 0 spiro atoms. The first kappa shape index (κ1) is 15.3. The van der Waals surface area contributed by atoms with Crippen molar-refractivity contribution >= 4 is 15.7 Å². The Labute approximate surface area is 122 Å². The molecule has 5 heteroatoms. The summed E-state index contributed by atoms with van der Waals surface area (Å²) in [6.07, 6.45) is 2.69. The Morgan fingerprint density at radius 1 is 1.30 bits per heavy atom. The summed E-state index contributed by atoms with van der Waals surface area (Å²) in [5, 5.41) is 0. The first-order valence-corrected chi connectivity index (χ1v) is 9.03. The number of hydrogen-bond donors (Lipinski definition) is 1. The third-order valence-electron chi connectivity index (χ3n) is 3.77. The van der Waals surface area contributed by atoms with Crippen LogP contribution in [0, 0.1) is 5.92 Å². The Kier molecular flexibility index (Phi) is 5.43. The fraction of sp³-hybridized carbons (Fsp3) is 0.600. The average molecular weight is 296 g/mol. The Bertz CT molecular complexity index is 502. The van der Waals surface area contributed by atoms with Gasteiger partial charge in [0, 0.05) is 25.3 Å². The van der Waals surface area contributed by atoms with Gasteiger partial charge in [-0.25, -0.2) is 13.1 Å². The summed E-state index contributed by atoms with van der Waals surface area (Å²) in [7, 11) is -3.08. The second kappa shape index (κ2) is 7.09. The highest BCUT2D eigenvalue weighted by atomic mass is 32.2. The molecule has 0 saturated carbocycles. The SMILES string of the molecule is CCCCS(=O)(=O)NCC1CCN(c2ccccc2)C1. The Hall–Kier alpha value is -1.07. The van der Waals surface area contributed by atoms with Crippen LogP contribution in [0.15, 0.2) is 30.3 Å². The van der Waals surface area contributed by atoms with E-state index in [-0.39, 0.29) is 5.75 Å². The van der Waals surface area contributed by atoms with E-state index in [1.165, 1.54) is 5.69 Å². The number of anilines is 1. The fourth-order valence-corrected chi connectivity index (χ4v) is 3.83. The van der Waals surface area contributed by atoms with Crippen LogP contribution >= 0.6 is 0 Å². The van der Waals surface area contributed by atoms with Crippen molar-refractivity contribution in [3.63, 3.8) is 0 Å². The first-order chi connectivity index (χ1) is 9.61. The van der Waals surface area contributed by atoms with Gasteiger partial charge in [-0.1, -0.05) is 31.5 Å². The van der Waals surface area contributed by atoms with E-state index in [1.807, 2.05) is 25.1 Å². The summed E-state index contributed by atoms with van der Waals surface area (Å²) in [4.78, 5) is 2.32. The van der Waals surface area contributed by atoms with E-state index in [0.717, 1.165) is 32.4 Å². The molecule has 20 heavy (non-hydrogen) atoms. The number of rotatable bonds is 7. The van der Waals surface area contributed by atoms with Crippen molar-refractivity contribution in [2.75, 3.05) is 30.3 Å². The molecule has 0 bridgehead atoms. The van der Waals surface area contributed by atoms with Crippen molar-refractivity contribution in [3.05, 3.63) is 30.3 Å². The van der Waals surface area contributed by atoms with Crippen molar-refractivity contribution in [3.8, 4) is 0 Å². The number of para-hydroxylation sites is 1. The maximum atomic E-state index is 11.8. The number of benzene rings is 1. The molecule has 1 saturated heterocycles. The van der Waals surface area contributed by atoms with Gasteiger partial charge >= 0.3 is 0 Å². The zero-order valence-corrected chi connectivity index (χ0v) is 12.9. The third kappa shape index (κ3) is 4.49. The highest BCUT2D eigenvalue weighted by Gasteiger charge is 2.23. The minimum atomic E-state index is -3.08. The minimum Gasteiger partial charge on any atom is -0.371 e. The third-order valence-corrected chi connectivity index (χ3v) is 5.20. The predicted molar refractivity (Wildman–Crippen MR) is 83.5 cm³/mol. The van der Waals surface area contributed by atoms with Gasteiger partial charge in [-0.2, -0.15) is 0 Å². The maximum absolute atomic E-state index is 11.8. The number of unbranched alkanes of at least 4 members (excludes halogenated alkanes) is 1. The molecule has 1 aromatic carbocycles. The lowest BCUT2D eigenvalue weighted by Crippen LogP contribution is -2.32. The summed E-state index contributed by atoms with van der Waals surface area (Å²) in [6, 6.07) is 10.3. The zero-order chi connectivity index (χ0) is 14.4. The minimum absolute atomic E-state index is 0.249. The molecular weight excluding hydrogens is 272 g/mol. The Morgan fingerprint density at radius 3 is 2.75 bits per heavy atom. The second-order valence-electron chi connectivity index (χ2n) is 5.46. The van der Waals surface area contributed by atoms with Crippen molar-refractivity contribution in [1.29, 1.82) is 0 Å². The summed E-state index contributed by atoms with van der Waals surface area (Å²) in [6.45, 7) is 4.51. The van der Waals surface area contributed by atoms with Gasteiger partial charge in [-0.3, -0.25) is 0 Å². The zero-order valence-electron chi connectivity index (χ0n) is 12.1. The molecule has 0 radical (unpaired) electrons. The molecule has 1 heterocycles. The molecule has 0 amide bonds. The fourth-order valence-electron chi connectivity index (χ4n) is 2.52. The van der Waals surface area contributed by atoms with Gasteiger partial charge in [0.25, 0.3) is 0 Å². The average Bonchev–Trinajstić information content (AvgIpc) is 2.93. The van der Waals surface area contributed by atoms with Crippen molar-refractivity contribution in [1.82, 2.24) is 4.72 Å². The molecule has 1 aliphatic heterocycles. The van der Waals surface area contributed by atoms with Gasteiger partial charge in [-0.15, -0.1) is 0 Å². The summed E-state index contributed by atoms with van der Waals surface area (Å²) in [5.74, 6) is 0.658. The van der Waals surface area contributed by atoms with E-state index in [9.17, 15) is 8.42 Å². The van der Waals surface area contributed by atoms with Crippen LogP contribution in [0.25, 0.3) is 0 Å². The van der Waals surface area contributed by atoms with Crippen LogP contribution in [-0.2, 0) is 10.0 Å². The van der Waals surface area contributed by atoms with Gasteiger partial charge in [0.15, 0.2) is 0 Å². The number of hydrogen-bond acceptors (Lipinski definition) is 3. The van der Waals surface area contributed by atoms with Gasteiger partial charge in [-0.05, 0) is 30.9 Å². The molecule has 0 aliphatic carbocycles. The van der Waals surface area contributed by atoms with Crippen LogP contribution in [0.3, 0.4) is 0 Å². The molecule has 1 aliphatic rings. The van der Waals surface area contributed by atoms with Gasteiger partial charge in [0.1, 0.15) is 0 Å². The standard InChI is InChI=1S/C15H24N2O2S/c1-2-3-11-20(18,19)16-12-14-9-10-17(13-14)15-7-5-4-6-8-15/h4-8,14,16H,2-3,9-13H2,1H3. The smallest absolute Gasteiger partial charge is 0.211 e. The van der Waals surface area contributed by atoms with Crippen molar-refractivity contribution in [2.45, 2.75) is 26.2 Å². The number of nitrogens with one attached hydrogen (secondary N) is 1. The van der Waals surface area contributed by atoms with Gasteiger partial charge in [0.2, 0.25) is 10.0 Å². The normalized spacial score (nSPS) is 19.4. The first-order valence-electron chi connectivity index (χ1n) is 7.38. The maximum Gasteiger partial charge on any atom is 0.211 e. The van der Waals surface area contributed by atoms with Crippen LogP contribution < -0.4 is 9.62 Å². The summed E-state index contributed by atoms with van der Waals surface area (Å²) in [5.41, 5.74) is 1.23. The lowest BCUT2D eigenvalue weighted by atomic mass is 10.1. The predicted octanol–water partition coefficient (Wildman–Crippen LogP) is 2.23. The Balaban J connectivity index is 1.79. The largest absolute Gasteiger partial charge is 0.371 e. The molecule has 0 aromatic heterocycles. The van der Waals surface area contributed by atoms with E-state index in [0.29, 0.717) is 12.5 Å². The second-order valence-corrected chi connectivity index (χ2v) is 7.38. The molecule has 1 N–H and O–H groups in total. The van der Waals surface area contributed by atoms with Crippen LogP contribution in [-0.4, -0.2) is 33.8 Å². The monoisotopic (exact) mass is 296 g/mol. The van der Waals surface area contributed by atoms with Crippen molar-refractivity contribution < 1.29 is 8.42 Å². The van der Waals surface area contributed by atoms with E-state index >= 15 is 0 Å². The highest BCUT2D eigenvalue weighted by molar-refractivity contribution is 7.89. The van der Waals surface area contributed by atoms with E-state index in [2.05, 4.69) is 21.8 Å². The van der Waals surface area contributed by atoms with E-state index in [1.54, 1.807) is 0 Å². The highest BCUT2D eigenvalue weighted by Crippen LogP contribution is 2.23. The van der Waals surface area contributed by atoms with Crippen LogP contribution in [0.2, 0.25) is 0 Å². The molecule has 2 rings (SSSR count). The molecule has 1 unspecified atom stereocenters. The molecule has 1 aromatic rings. The topological polar surface area (TPSA) is 49.4 Å². The van der Waals surface area contributed by atoms with Gasteiger partial charge < -0.3 is 4.90 Å². The van der Waals surface area contributed by atoms with Crippen molar-refractivity contribution in [2.24, 2.45) is 5.92 Å². The Morgan fingerprint density at radius 2 is 2.05 bits per heavy atom. The number of sulfonamides is 1. The molecule has 1 fully saturated rings. The van der Waals surface area contributed by atoms with E-state index < -0.39 is 10.0 Å². The van der Waals surface area contributed by atoms with Crippen LogP contribution in [0.5, 0.6) is 0 Å². The molecule has 4 nitrogen and oxygen atoms in total. The van der Waals surface area contributed by atoms with Crippen LogP contribution in [0.4, 0.5) is 5.69 Å². The quantitative estimate of drug-likeness (QED) is 0.839. The molecule has 1 atom stereocenters. The molecule has 112 valence electrons. The molecular formula is C15H24N2O2S. The summed E-state index contributed by atoms with van der Waals surface area (Å²) < 4.78 is 26.3. The lowest BCUT2D eigenvalue weighted by Gasteiger charge is -2.18. The number of nitrogens with zero attached hydrogens (tertiary/aromatic N) is 1. The van der Waals surface area contributed by atoms with Gasteiger partial charge in [0.05, 0.1) is 5.75 Å². The lowest BCUT2D eigenvalue weighted by molar-refractivity contribution is 0.540. The summed E-state index contributed by atoms with van der Waals surface area (Å²) >= 11 is 0. The van der Waals surface area contributed by atoms with E-state index in [4.69, 9.17) is 0 Å².